The molecule has 3 heterocycles. The molecule has 0 radical (unpaired) electrons. The monoisotopic (exact) mass is 313 g/mol. The first-order chi connectivity index (χ1) is 9.24. The molecule has 0 bridgehead atoms. The number of carbonyl (C=O) groups excluding carboxylic acids is 1. The summed E-state index contributed by atoms with van der Waals surface area (Å²) in [6, 6.07) is 3.24. The number of aromatic nitrogens is 3. The third kappa shape index (κ3) is 2.92. The van der Waals surface area contributed by atoms with Crippen LogP contribution in [0.5, 0.6) is 0 Å². The highest BCUT2D eigenvalue weighted by Gasteiger charge is 2.21. The van der Waals surface area contributed by atoms with Crippen LogP contribution in [0, 0.1) is 0 Å². The quantitative estimate of drug-likeness (QED) is 0.789. The molecule has 1 aliphatic rings. The molecule has 106 valence electrons. The molecule has 1 aliphatic heterocycles. The Labute approximate surface area is 126 Å². The maximum atomic E-state index is 12.2. The third-order valence-corrected chi connectivity index (χ3v) is 3.22. The summed E-state index contributed by atoms with van der Waals surface area (Å²) in [7, 11) is 0. The Hall–Kier alpha value is -1.63. The Morgan fingerprint density at radius 2 is 2.30 bits per heavy atom. The highest BCUT2D eigenvalue weighted by atomic mass is 35.5. The van der Waals surface area contributed by atoms with Crippen LogP contribution in [0.4, 0.5) is 5.82 Å². The molecule has 0 unspecified atom stereocenters. The van der Waals surface area contributed by atoms with E-state index in [1.807, 2.05) is 0 Å². The Kier molecular flexibility index (Phi) is 4.59. The van der Waals surface area contributed by atoms with E-state index in [2.05, 4.69) is 25.8 Å². The molecule has 0 saturated heterocycles. The number of aromatic amines is 1. The van der Waals surface area contributed by atoms with Gasteiger partial charge in [-0.25, -0.2) is 4.98 Å². The number of anilines is 1. The number of amides is 1. The van der Waals surface area contributed by atoms with Crippen LogP contribution in [0.3, 0.4) is 0 Å². The van der Waals surface area contributed by atoms with Crippen molar-refractivity contribution in [1.82, 2.24) is 20.5 Å². The van der Waals surface area contributed by atoms with Gasteiger partial charge in [-0.15, -0.1) is 12.4 Å². The number of rotatable bonds is 2. The van der Waals surface area contributed by atoms with Gasteiger partial charge < -0.3 is 10.6 Å². The van der Waals surface area contributed by atoms with Crippen molar-refractivity contribution in [2.75, 3.05) is 11.9 Å². The van der Waals surface area contributed by atoms with Gasteiger partial charge >= 0.3 is 0 Å². The van der Waals surface area contributed by atoms with Gasteiger partial charge in [0.2, 0.25) is 0 Å². The van der Waals surface area contributed by atoms with Gasteiger partial charge in [0.1, 0.15) is 5.82 Å². The van der Waals surface area contributed by atoms with Crippen molar-refractivity contribution in [3.63, 3.8) is 0 Å². The minimum Gasteiger partial charge on any atom is -0.312 e. The summed E-state index contributed by atoms with van der Waals surface area (Å²) < 4.78 is 0. The first-order valence-electron chi connectivity index (χ1n) is 5.94. The average molecular weight is 314 g/mol. The summed E-state index contributed by atoms with van der Waals surface area (Å²) in [5.74, 6) is 0.133. The number of pyridine rings is 1. The van der Waals surface area contributed by atoms with E-state index in [1.54, 1.807) is 18.3 Å². The molecule has 0 spiro atoms. The minimum atomic E-state index is -0.282. The fourth-order valence-corrected chi connectivity index (χ4v) is 2.22. The maximum Gasteiger partial charge on any atom is 0.277 e. The lowest BCUT2D eigenvalue weighted by molar-refractivity contribution is 0.102. The van der Waals surface area contributed by atoms with E-state index >= 15 is 0 Å². The van der Waals surface area contributed by atoms with Gasteiger partial charge in [0, 0.05) is 42.0 Å². The fourth-order valence-electron chi connectivity index (χ4n) is 2.06. The lowest BCUT2D eigenvalue weighted by atomic mass is 10.1. The lowest BCUT2D eigenvalue weighted by Gasteiger charge is -2.12. The third-order valence-electron chi connectivity index (χ3n) is 2.99. The van der Waals surface area contributed by atoms with E-state index in [4.69, 9.17) is 11.6 Å². The van der Waals surface area contributed by atoms with E-state index in [0.717, 1.165) is 24.2 Å². The summed E-state index contributed by atoms with van der Waals surface area (Å²) in [5, 5.41) is 13.4. The standard InChI is InChI=1S/C12H12ClN5O.ClH/c13-7-1-4-15-10(5-7)16-12(19)11-8-6-14-3-2-9(8)17-18-11;/h1,4-5,14H,2-3,6H2,(H,17,18)(H,15,16,19);1H. The maximum absolute atomic E-state index is 12.2. The van der Waals surface area contributed by atoms with E-state index < -0.39 is 0 Å². The Morgan fingerprint density at radius 3 is 3.10 bits per heavy atom. The van der Waals surface area contributed by atoms with Crippen molar-refractivity contribution in [2.45, 2.75) is 13.0 Å². The van der Waals surface area contributed by atoms with Gasteiger partial charge in [-0.1, -0.05) is 11.6 Å². The number of halogens is 2. The Balaban J connectivity index is 0.00000147. The molecule has 0 aromatic carbocycles. The smallest absolute Gasteiger partial charge is 0.277 e. The van der Waals surface area contributed by atoms with Crippen molar-refractivity contribution in [1.29, 1.82) is 0 Å². The van der Waals surface area contributed by atoms with Crippen LogP contribution in [0.25, 0.3) is 0 Å². The second kappa shape index (κ2) is 6.21. The van der Waals surface area contributed by atoms with Crippen LogP contribution in [0.1, 0.15) is 21.7 Å². The van der Waals surface area contributed by atoms with E-state index in [1.165, 1.54) is 0 Å². The number of hydrogen-bond donors (Lipinski definition) is 3. The number of H-pyrrole nitrogens is 1. The fraction of sp³-hybridized carbons (Fsp3) is 0.250. The number of fused-ring (bicyclic) bond motifs is 1. The molecular weight excluding hydrogens is 301 g/mol. The second-order valence-corrected chi connectivity index (χ2v) is 4.71. The van der Waals surface area contributed by atoms with Crippen molar-refractivity contribution in [3.05, 3.63) is 40.3 Å². The van der Waals surface area contributed by atoms with Gasteiger partial charge in [-0.3, -0.25) is 9.89 Å². The zero-order valence-electron chi connectivity index (χ0n) is 10.4. The topological polar surface area (TPSA) is 82.7 Å². The van der Waals surface area contributed by atoms with Gasteiger partial charge in [-0.2, -0.15) is 5.10 Å². The molecule has 1 amide bonds. The Morgan fingerprint density at radius 1 is 1.45 bits per heavy atom. The molecule has 0 atom stereocenters. The summed E-state index contributed by atoms with van der Waals surface area (Å²) in [6.45, 7) is 1.55. The number of nitrogens with one attached hydrogen (secondary N) is 3. The predicted octanol–water partition coefficient (Wildman–Crippen LogP) is 1.78. The first kappa shape index (κ1) is 14.8. The number of carbonyl (C=O) groups is 1. The zero-order chi connectivity index (χ0) is 13.2. The van der Waals surface area contributed by atoms with Gasteiger partial charge in [0.25, 0.3) is 5.91 Å². The van der Waals surface area contributed by atoms with E-state index in [9.17, 15) is 4.79 Å². The van der Waals surface area contributed by atoms with E-state index in [0.29, 0.717) is 23.1 Å². The molecule has 8 heteroatoms. The molecule has 0 aliphatic carbocycles. The summed E-state index contributed by atoms with van der Waals surface area (Å²) >= 11 is 5.85. The summed E-state index contributed by atoms with van der Waals surface area (Å²) in [6.07, 6.45) is 2.39. The zero-order valence-corrected chi connectivity index (χ0v) is 12.0. The van der Waals surface area contributed by atoms with Gasteiger partial charge in [-0.05, 0) is 12.1 Å². The molecule has 3 rings (SSSR count). The van der Waals surface area contributed by atoms with Crippen LogP contribution < -0.4 is 10.6 Å². The highest BCUT2D eigenvalue weighted by molar-refractivity contribution is 6.30. The van der Waals surface area contributed by atoms with Crippen LogP contribution in [-0.4, -0.2) is 27.6 Å². The van der Waals surface area contributed by atoms with Gasteiger partial charge in [0.05, 0.1) is 0 Å². The van der Waals surface area contributed by atoms with Crippen molar-refractivity contribution >= 4 is 35.7 Å². The van der Waals surface area contributed by atoms with Crippen LogP contribution >= 0.6 is 24.0 Å². The Bertz CT molecular complexity index is 628. The predicted molar refractivity (Wildman–Crippen MR) is 78.4 cm³/mol. The molecule has 20 heavy (non-hydrogen) atoms. The molecule has 6 nitrogen and oxygen atoms in total. The highest BCUT2D eigenvalue weighted by Crippen LogP contribution is 2.17. The van der Waals surface area contributed by atoms with Crippen LogP contribution in [-0.2, 0) is 13.0 Å². The first-order valence-corrected chi connectivity index (χ1v) is 6.31. The normalized spacial score (nSPS) is 13.2. The summed E-state index contributed by atoms with van der Waals surface area (Å²) in [4.78, 5) is 16.2. The lowest BCUT2D eigenvalue weighted by Crippen LogP contribution is -2.25. The van der Waals surface area contributed by atoms with Gasteiger partial charge in [0.15, 0.2) is 5.69 Å². The average Bonchev–Trinajstić information content (AvgIpc) is 2.82. The van der Waals surface area contributed by atoms with Crippen molar-refractivity contribution < 1.29 is 4.79 Å². The second-order valence-electron chi connectivity index (χ2n) is 4.27. The molecule has 3 N–H and O–H groups in total. The molecule has 2 aromatic heterocycles. The van der Waals surface area contributed by atoms with Crippen molar-refractivity contribution in [2.24, 2.45) is 0 Å². The SMILES string of the molecule is Cl.O=C(Nc1cc(Cl)ccn1)c1n[nH]c2c1CNCC2. The number of hydrogen-bond acceptors (Lipinski definition) is 4. The van der Waals surface area contributed by atoms with Crippen LogP contribution in [0.2, 0.25) is 5.02 Å². The molecule has 0 saturated carbocycles. The van der Waals surface area contributed by atoms with Crippen LogP contribution in [0.15, 0.2) is 18.3 Å². The molecule has 0 fully saturated rings. The largest absolute Gasteiger partial charge is 0.312 e. The molecular formula is C12H13Cl2N5O. The summed E-state index contributed by atoms with van der Waals surface area (Å²) in [5.41, 5.74) is 2.35. The van der Waals surface area contributed by atoms with E-state index in [-0.39, 0.29) is 18.3 Å². The molecule has 2 aromatic rings. The minimum absolute atomic E-state index is 0. The number of nitrogens with zero attached hydrogens (tertiary/aromatic N) is 2. The van der Waals surface area contributed by atoms with Crippen molar-refractivity contribution in [3.8, 4) is 0 Å².